The minimum atomic E-state index is 1.04. The largest absolute Gasteiger partial charge is 0.0999 e. The summed E-state index contributed by atoms with van der Waals surface area (Å²) < 4.78 is 0. The smallest absolute Gasteiger partial charge is 0.0323 e. The minimum Gasteiger partial charge on any atom is -0.0999 e. The molecule has 0 aliphatic heterocycles. The zero-order valence-corrected chi connectivity index (χ0v) is 6.45. The van der Waals surface area contributed by atoms with Crippen LogP contribution in [0.15, 0.2) is 12.2 Å². The van der Waals surface area contributed by atoms with E-state index in [2.05, 4.69) is 20.4 Å². The highest BCUT2D eigenvalue weighted by atomic mass is 14.0. The first-order valence-corrected chi connectivity index (χ1v) is 3.77. The van der Waals surface area contributed by atoms with Crippen LogP contribution in [0.1, 0.15) is 39.0 Å². The van der Waals surface area contributed by atoms with Crippen LogP contribution in [-0.2, 0) is 0 Å². The molecule has 0 amide bonds. The van der Waals surface area contributed by atoms with Crippen LogP contribution in [0, 0.1) is 6.92 Å². The number of unbranched alkanes of at least 4 members (excludes halogenated alkanes) is 1. The van der Waals surface area contributed by atoms with Gasteiger partial charge in [-0.3, -0.25) is 0 Å². The van der Waals surface area contributed by atoms with Crippen LogP contribution in [0.4, 0.5) is 0 Å². The van der Waals surface area contributed by atoms with Gasteiger partial charge in [0, 0.05) is 0 Å². The molecule has 0 aromatic rings. The maximum absolute atomic E-state index is 3.95. The molecule has 0 saturated heterocycles. The minimum absolute atomic E-state index is 1.04. The van der Waals surface area contributed by atoms with Crippen molar-refractivity contribution in [1.29, 1.82) is 0 Å². The molecule has 0 aromatic heterocycles. The first-order valence-electron chi connectivity index (χ1n) is 3.77. The molecule has 1 radical (unpaired) electrons. The Morgan fingerprint density at radius 1 is 1.33 bits per heavy atom. The third-order valence-corrected chi connectivity index (χ3v) is 1.38. The van der Waals surface area contributed by atoms with Crippen molar-refractivity contribution in [2.24, 2.45) is 0 Å². The number of rotatable bonds is 5. The molecule has 0 aliphatic carbocycles. The Hall–Kier alpha value is -0.260. The lowest BCUT2D eigenvalue weighted by Gasteiger charge is -1.99. The van der Waals surface area contributed by atoms with Gasteiger partial charge in [-0.05, 0) is 19.3 Å². The van der Waals surface area contributed by atoms with Gasteiger partial charge in [-0.25, -0.2) is 0 Å². The highest BCUT2D eigenvalue weighted by Gasteiger charge is 1.89. The van der Waals surface area contributed by atoms with Gasteiger partial charge in [0.1, 0.15) is 0 Å². The molecule has 0 bridgehead atoms. The average molecular weight is 125 g/mol. The molecule has 0 fully saturated rings. The van der Waals surface area contributed by atoms with E-state index in [0.717, 1.165) is 6.42 Å². The fraction of sp³-hybridized carbons (Fsp3) is 0.667. The molecule has 0 saturated carbocycles. The normalized spacial score (nSPS) is 9.56. The van der Waals surface area contributed by atoms with Gasteiger partial charge < -0.3 is 0 Å². The summed E-state index contributed by atoms with van der Waals surface area (Å²) >= 11 is 0. The van der Waals surface area contributed by atoms with Crippen molar-refractivity contribution in [1.82, 2.24) is 0 Å². The van der Waals surface area contributed by atoms with E-state index in [9.17, 15) is 0 Å². The second-order valence-corrected chi connectivity index (χ2v) is 2.46. The second-order valence-electron chi connectivity index (χ2n) is 2.46. The van der Waals surface area contributed by atoms with Crippen molar-refractivity contribution < 1.29 is 0 Å². The summed E-state index contributed by atoms with van der Waals surface area (Å²) in [6, 6.07) is 0. The summed E-state index contributed by atoms with van der Waals surface area (Å²) in [5, 5.41) is 0. The molecule has 0 rings (SSSR count). The van der Waals surface area contributed by atoms with Crippen LogP contribution in [-0.4, -0.2) is 0 Å². The lowest BCUT2D eigenvalue weighted by atomic mass is 10.1. The molecular weight excluding hydrogens is 108 g/mol. The van der Waals surface area contributed by atoms with Gasteiger partial charge in [0.25, 0.3) is 0 Å². The van der Waals surface area contributed by atoms with Crippen molar-refractivity contribution in [2.45, 2.75) is 39.0 Å². The van der Waals surface area contributed by atoms with E-state index in [1.807, 2.05) is 0 Å². The van der Waals surface area contributed by atoms with Crippen LogP contribution in [0.5, 0.6) is 0 Å². The summed E-state index contributed by atoms with van der Waals surface area (Å²) in [5.41, 5.74) is 1.39. The van der Waals surface area contributed by atoms with E-state index in [-0.39, 0.29) is 0 Å². The topological polar surface area (TPSA) is 0 Å². The van der Waals surface area contributed by atoms with Gasteiger partial charge in [-0.15, -0.1) is 0 Å². The summed E-state index contributed by atoms with van der Waals surface area (Å²) in [5.74, 6) is 0. The first kappa shape index (κ1) is 8.74. The molecule has 0 unspecified atom stereocenters. The molecular formula is C9H17. The number of hydrogen-bond acceptors (Lipinski definition) is 0. The van der Waals surface area contributed by atoms with Gasteiger partial charge in [0.05, 0.1) is 0 Å². The maximum Gasteiger partial charge on any atom is -0.0323 e. The van der Waals surface area contributed by atoms with Crippen LogP contribution in [0.25, 0.3) is 0 Å². The fourth-order valence-corrected chi connectivity index (χ4v) is 0.854. The summed E-state index contributed by atoms with van der Waals surface area (Å²) in [6.07, 6.45) is 5.86. The zero-order chi connectivity index (χ0) is 7.11. The quantitative estimate of drug-likeness (QED) is 0.494. The predicted molar refractivity (Wildman–Crippen MR) is 43.3 cm³/mol. The molecule has 0 aromatic carbocycles. The van der Waals surface area contributed by atoms with Gasteiger partial charge in [-0.1, -0.05) is 38.8 Å². The van der Waals surface area contributed by atoms with E-state index in [4.69, 9.17) is 0 Å². The van der Waals surface area contributed by atoms with Crippen molar-refractivity contribution in [3.05, 3.63) is 19.1 Å². The number of allylic oxidation sites excluding steroid dienone is 1. The third-order valence-electron chi connectivity index (χ3n) is 1.38. The monoisotopic (exact) mass is 125 g/mol. The Morgan fingerprint density at radius 3 is 2.44 bits per heavy atom. The molecule has 0 atom stereocenters. The molecule has 53 valence electrons. The van der Waals surface area contributed by atoms with Crippen molar-refractivity contribution in [3.8, 4) is 0 Å². The molecule has 0 N–H and O–H groups in total. The highest BCUT2D eigenvalue weighted by Crippen LogP contribution is 2.09. The number of hydrogen-bond donors (Lipinski definition) is 0. The highest BCUT2D eigenvalue weighted by molar-refractivity contribution is 4.92. The summed E-state index contributed by atoms with van der Waals surface area (Å²) in [4.78, 5) is 0. The Kier molecular flexibility index (Phi) is 5.70. The SMILES string of the molecule is [CH2]CCCC(=C)CCC. The third kappa shape index (κ3) is 5.61. The molecule has 0 aliphatic rings. The Morgan fingerprint density at radius 2 is 2.00 bits per heavy atom. The lowest BCUT2D eigenvalue weighted by molar-refractivity contribution is 0.772. The summed E-state index contributed by atoms with van der Waals surface area (Å²) in [7, 11) is 0. The van der Waals surface area contributed by atoms with Gasteiger partial charge in [-0.2, -0.15) is 0 Å². The standard InChI is InChI=1S/C9H17/c1-4-6-8-9(3)7-5-2/h1,3-8H2,2H3. The van der Waals surface area contributed by atoms with Gasteiger partial charge in [0.15, 0.2) is 0 Å². The maximum atomic E-state index is 3.95. The molecule has 9 heavy (non-hydrogen) atoms. The Bertz CT molecular complexity index is 72.1. The van der Waals surface area contributed by atoms with E-state index in [1.54, 1.807) is 0 Å². The van der Waals surface area contributed by atoms with Crippen LogP contribution in [0.3, 0.4) is 0 Å². The second kappa shape index (κ2) is 5.87. The Balaban J connectivity index is 3.06. The van der Waals surface area contributed by atoms with Crippen molar-refractivity contribution >= 4 is 0 Å². The van der Waals surface area contributed by atoms with E-state index in [0.29, 0.717) is 0 Å². The molecule has 0 heterocycles. The van der Waals surface area contributed by atoms with E-state index in [1.165, 1.54) is 31.3 Å². The molecule has 0 heteroatoms. The fourth-order valence-electron chi connectivity index (χ4n) is 0.854. The van der Waals surface area contributed by atoms with Crippen LogP contribution >= 0.6 is 0 Å². The van der Waals surface area contributed by atoms with Crippen molar-refractivity contribution in [2.75, 3.05) is 0 Å². The average Bonchev–Trinajstić information content (AvgIpc) is 1.85. The molecule has 0 spiro atoms. The molecule has 0 nitrogen and oxygen atoms in total. The van der Waals surface area contributed by atoms with Crippen molar-refractivity contribution in [3.63, 3.8) is 0 Å². The predicted octanol–water partition coefficient (Wildman–Crippen LogP) is 3.35. The summed E-state index contributed by atoms with van der Waals surface area (Å²) in [6.45, 7) is 9.92. The van der Waals surface area contributed by atoms with Gasteiger partial charge >= 0.3 is 0 Å². The van der Waals surface area contributed by atoms with Crippen LogP contribution in [0.2, 0.25) is 0 Å². The van der Waals surface area contributed by atoms with E-state index >= 15 is 0 Å². The first-order chi connectivity index (χ1) is 4.31. The van der Waals surface area contributed by atoms with E-state index < -0.39 is 0 Å². The lowest BCUT2D eigenvalue weighted by Crippen LogP contribution is -1.80. The van der Waals surface area contributed by atoms with Crippen LogP contribution < -0.4 is 0 Å². The zero-order valence-electron chi connectivity index (χ0n) is 6.45. The Labute approximate surface area is 59.0 Å². The van der Waals surface area contributed by atoms with Gasteiger partial charge in [0.2, 0.25) is 0 Å².